The number of aryl methyl sites for hydroxylation is 1. The number of oxazole rings is 1. The lowest BCUT2D eigenvalue weighted by Gasteiger charge is -2.17. The van der Waals surface area contributed by atoms with E-state index in [-0.39, 0.29) is 0 Å². The number of fused-ring (bicyclic) bond motifs is 1. The van der Waals surface area contributed by atoms with Crippen LogP contribution in [-0.4, -0.2) is 11.5 Å². The highest BCUT2D eigenvalue weighted by Gasteiger charge is 2.23. The van der Waals surface area contributed by atoms with Gasteiger partial charge in [0.15, 0.2) is 0 Å². The Bertz CT molecular complexity index is 504. The van der Waals surface area contributed by atoms with E-state index in [9.17, 15) is 0 Å². The minimum absolute atomic E-state index is 0.566. The summed E-state index contributed by atoms with van der Waals surface area (Å²) in [5.41, 5.74) is 7.87. The second-order valence-corrected chi connectivity index (χ2v) is 4.60. The molecule has 1 aliphatic rings. The molecular formula is C14H16N2O. The Labute approximate surface area is 101 Å². The molecular weight excluding hydrogens is 212 g/mol. The lowest BCUT2D eigenvalue weighted by molar-refractivity contribution is 0.413. The van der Waals surface area contributed by atoms with Crippen LogP contribution in [0.25, 0.3) is 11.5 Å². The molecule has 1 aromatic heterocycles. The van der Waals surface area contributed by atoms with Crippen LogP contribution >= 0.6 is 0 Å². The second kappa shape index (κ2) is 4.34. The standard InChI is InChI=1S/C14H16N2O/c15-9-10-6-7-13-12(8-10)16-14(17-13)11-4-2-1-3-5-11/h1-5,10H,6-9,15H2. The molecule has 1 atom stereocenters. The number of rotatable bonds is 2. The van der Waals surface area contributed by atoms with E-state index in [2.05, 4.69) is 4.98 Å². The van der Waals surface area contributed by atoms with Crippen LogP contribution in [0.3, 0.4) is 0 Å². The van der Waals surface area contributed by atoms with Crippen molar-refractivity contribution < 1.29 is 4.42 Å². The Morgan fingerprint density at radius 3 is 2.88 bits per heavy atom. The zero-order valence-electron chi connectivity index (χ0n) is 9.73. The summed E-state index contributed by atoms with van der Waals surface area (Å²) in [6, 6.07) is 10.1. The minimum Gasteiger partial charge on any atom is -0.441 e. The molecule has 3 heteroatoms. The molecule has 1 aromatic carbocycles. The lowest BCUT2D eigenvalue weighted by Crippen LogP contribution is -2.21. The van der Waals surface area contributed by atoms with Crippen molar-refractivity contribution in [2.75, 3.05) is 6.54 Å². The van der Waals surface area contributed by atoms with E-state index >= 15 is 0 Å². The monoisotopic (exact) mass is 228 g/mol. The fourth-order valence-electron chi connectivity index (χ4n) is 2.35. The van der Waals surface area contributed by atoms with Gasteiger partial charge in [0.05, 0.1) is 5.69 Å². The molecule has 0 fully saturated rings. The van der Waals surface area contributed by atoms with Crippen molar-refractivity contribution in [1.82, 2.24) is 4.98 Å². The first-order valence-corrected chi connectivity index (χ1v) is 6.11. The van der Waals surface area contributed by atoms with Gasteiger partial charge in [0, 0.05) is 12.0 Å². The van der Waals surface area contributed by atoms with E-state index in [4.69, 9.17) is 10.2 Å². The Balaban J connectivity index is 1.93. The van der Waals surface area contributed by atoms with Crippen molar-refractivity contribution in [1.29, 1.82) is 0 Å². The van der Waals surface area contributed by atoms with Gasteiger partial charge in [-0.1, -0.05) is 18.2 Å². The molecule has 0 bridgehead atoms. The Morgan fingerprint density at radius 1 is 1.29 bits per heavy atom. The van der Waals surface area contributed by atoms with E-state index in [0.717, 1.165) is 48.7 Å². The largest absolute Gasteiger partial charge is 0.441 e. The molecule has 88 valence electrons. The van der Waals surface area contributed by atoms with Crippen LogP contribution in [0.5, 0.6) is 0 Å². The van der Waals surface area contributed by atoms with E-state index in [0.29, 0.717) is 5.92 Å². The summed E-state index contributed by atoms with van der Waals surface area (Å²) in [5.74, 6) is 2.36. The molecule has 3 rings (SSSR count). The summed E-state index contributed by atoms with van der Waals surface area (Å²) in [7, 11) is 0. The van der Waals surface area contributed by atoms with Crippen molar-refractivity contribution in [2.45, 2.75) is 19.3 Å². The van der Waals surface area contributed by atoms with Gasteiger partial charge in [-0.2, -0.15) is 0 Å². The Hall–Kier alpha value is -1.61. The number of hydrogen-bond donors (Lipinski definition) is 1. The Morgan fingerprint density at radius 2 is 2.12 bits per heavy atom. The summed E-state index contributed by atoms with van der Waals surface area (Å²) in [5, 5.41) is 0. The van der Waals surface area contributed by atoms with Gasteiger partial charge in [0.25, 0.3) is 0 Å². The molecule has 1 unspecified atom stereocenters. The molecule has 0 amide bonds. The molecule has 0 saturated heterocycles. The van der Waals surface area contributed by atoms with Gasteiger partial charge in [-0.15, -0.1) is 0 Å². The van der Waals surface area contributed by atoms with Crippen molar-refractivity contribution in [2.24, 2.45) is 11.7 Å². The van der Waals surface area contributed by atoms with Gasteiger partial charge >= 0.3 is 0 Å². The SMILES string of the molecule is NCC1CCc2oc(-c3ccccc3)nc2C1. The van der Waals surface area contributed by atoms with Gasteiger partial charge in [-0.25, -0.2) is 4.98 Å². The maximum atomic E-state index is 5.83. The third-order valence-electron chi connectivity index (χ3n) is 3.39. The van der Waals surface area contributed by atoms with E-state index in [1.165, 1.54) is 0 Å². The molecule has 3 nitrogen and oxygen atoms in total. The van der Waals surface area contributed by atoms with Gasteiger partial charge < -0.3 is 10.2 Å². The van der Waals surface area contributed by atoms with Gasteiger partial charge in [-0.05, 0) is 37.4 Å². The first-order chi connectivity index (χ1) is 8.36. The van der Waals surface area contributed by atoms with Crippen LogP contribution in [0.1, 0.15) is 17.9 Å². The first kappa shape index (κ1) is 10.5. The van der Waals surface area contributed by atoms with Crippen LogP contribution in [0, 0.1) is 5.92 Å². The third kappa shape index (κ3) is 1.98. The molecule has 2 N–H and O–H groups in total. The normalized spacial score (nSPS) is 19.0. The number of hydrogen-bond acceptors (Lipinski definition) is 3. The van der Waals surface area contributed by atoms with Crippen LogP contribution in [0.2, 0.25) is 0 Å². The maximum absolute atomic E-state index is 5.83. The summed E-state index contributed by atoms with van der Waals surface area (Å²) in [6.45, 7) is 0.743. The van der Waals surface area contributed by atoms with E-state index in [1.807, 2.05) is 30.3 Å². The quantitative estimate of drug-likeness (QED) is 0.858. The molecule has 0 spiro atoms. The van der Waals surface area contributed by atoms with E-state index < -0.39 is 0 Å². The fourth-order valence-corrected chi connectivity index (χ4v) is 2.35. The predicted molar refractivity (Wildman–Crippen MR) is 66.5 cm³/mol. The number of nitrogens with zero attached hydrogens (tertiary/aromatic N) is 1. The van der Waals surface area contributed by atoms with Gasteiger partial charge in [-0.3, -0.25) is 0 Å². The topological polar surface area (TPSA) is 52.0 Å². The van der Waals surface area contributed by atoms with E-state index in [1.54, 1.807) is 0 Å². The van der Waals surface area contributed by atoms with Gasteiger partial charge in [0.1, 0.15) is 5.76 Å². The molecule has 17 heavy (non-hydrogen) atoms. The van der Waals surface area contributed by atoms with Crippen molar-refractivity contribution in [3.05, 3.63) is 41.8 Å². The number of aromatic nitrogens is 1. The van der Waals surface area contributed by atoms with Crippen molar-refractivity contribution in [3.63, 3.8) is 0 Å². The summed E-state index contributed by atoms with van der Waals surface area (Å²) in [6.07, 6.45) is 3.05. The zero-order chi connectivity index (χ0) is 11.7. The highest BCUT2D eigenvalue weighted by Crippen LogP contribution is 2.29. The maximum Gasteiger partial charge on any atom is 0.226 e. The molecule has 2 aromatic rings. The second-order valence-electron chi connectivity index (χ2n) is 4.60. The minimum atomic E-state index is 0.566. The van der Waals surface area contributed by atoms with Crippen LogP contribution in [0.4, 0.5) is 0 Å². The molecule has 0 radical (unpaired) electrons. The lowest BCUT2D eigenvalue weighted by atomic mass is 9.90. The van der Waals surface area contributed by atoms with Crippen LogP contribution in [0.15, 0.2) is 34.7 Å². The third-order valence-corrected chi connectivity index (χ3v) is 3.39. The van der Waals surface area contributed by atoms with Gasteiger partial charge in [0.2, 0.25) is 5.89 Å². The molecule has 0 saturated carbocycles. The smallest absolute Gasteiger partial charge is 0.226 e. The molecule has 0 aliphatic heterocycles. The van der Waals surface area contributed by atoms with Crippen LogP contribution in [-0.2, 0) is 12.8 Å². The van der Waals surface area contributed by atoms with Crippen molar-refractivity contribution >= 4 is 0 Å². The van der Waals surface area contributed by atoms with Crippen LogP contribution < -0.4 is 5.73 Å². The summed E-state index contributed by atoms with van der Waals surface area (Å²) >= 11 is 0. The highest BCUT2D eigenvalue weighted by molar-refractivity contribution is 5.53. The molecule has 1 heterocycles. The molecule has 1 aliphatic carbocycles. The number of nitrogens with two attached hydrogens (primary N) is 1. The average Bonchev–Trinajstić information content (AvgIpc) is 2.82. The van der Waals surface area contributed by atoms with Crippen molar-refractivity contribution in [3.8, 4) is 11.5 Å². The highest BCUT2D eigenvalue weighted by atomic mass is 16.4. The number of benzene rings is 1. The first-order valence-electron chi connectivity index (χ1n) is 6.11. The summed E-state index contributed by atoms with van der Waals surface area (Å²) in [4.78, 5) is 4.60. The summed E-state index contributed by atoms with van der Waals surface area (Å²) < 4.78 is 5.83. The zero-order valence-corrected chi connectivity index (χ0v) is 9.73. The average molecular weight is 228 g/mol. The fraction of sp³-hybridized carbons (Fsp3) is 0.357. The Kier molecular flexibility index (Phi) is 2.69. The predicted octanol–water partition coefficient (Wildman–Crippen LogP) is 2.41.